The van der Waals surface area contributed by atoms with Crippen LogP contribution in [0.3, 0.4) is 0 Å². The number of hydrogen-bond donors (Lipinski definition) is 1. The molecular formula is C25H20FN7O. The maximum absolute atomic E-state index is 15.2. The molecule has 0 unspecified atom stereocenters. The minimum Gasteiger partial charge on any atom is -0.434 e. The molecule has 0 aliphatic carbocycles. The molecule has 0 fully saturated rings. The van der Waals surface area contributed by atoms with Gasteiger partial charge in [0.1, 0.15) is 23.5 Å². The number of benzene rings is 1. The molecule has 2 N–H and O–H groups in total. The molecule has 5 rings (SSSR count). The molecular weight excluding hydrogens is 433 g/mol. The van der Waals surface area contributed by atoms with Crippen LogP contribution in [0.25, 0.3) is 33.4 Å². The number of aryl methyl sites for hydroxylation is 3. The minimum atomic E-state index is -0.543. The third-order valence-corrected chi connectivity index (χ3v) is 5.63. The topological polar surface area (TPSA) is 96.7 Å². The monoisotopic (exact) mass is 453 g/mol. The SMILES string of the molecule is C#Cc1cc(C)c(-c2c(-c3ccc(Oc4ccn(C)n4)c(F)c3)c3c(N)ncnc3n2C)cn1. The summed E-state index contributed by atoms with van der Waals surface area (Å²) < 4.78 is 24.3. The Hall–Kier alpha value is -4.71. The first-order chi connectivity index (χ1) is 16.4. The molecule has 8 nitrogen and oxygen atoms in total. The summed E-state index contributed by atoms with van der Waals surface area (Å²) in [6.07, 6.45) is 10.3. The second kappa shape index (κ2) is 8.01. The first-order valence-corrected chi connectivity index (χ1v) is 10.4. The first kappa shape index (κ1) is 21.2. The van der Waals surface area contributed by atoms with E-state index in [1.165, 1.54) is 12.4 Å². The zero-order valence-electron chi connectivity index (χ0n) is 18.7. The lowest BCUT2D eigenvalue weighted by molar-refractivity contribution is 0.421. The van der Waals surface area contributed by atoms with Crippen molar-refractivity contribution < 1.29 is 9.13 Å². The molecule has 1 aromatic carbocycles. The number of hydrogen-bond acceptors (Lipinski definition) is 6. The Bertz CT molecular complexity index is 1610. The van der Waals surface area contributed by atoms with E-state index in [-0.39, 0.29) is 5.75 Å². The van der Waals surface area contributed by atoms with Gasteiger partial charge in [0.25, 0.3) is 0 Å². The van der Waals surface area contributed by atoms with Crippen molar-refractivity contribution in [1.29, 1.82) is 0 Å². The highest BCUT2D eigenvalue weighted by atomic mass is 19.1. The van der Waals surface area contributed by atoms with Crippen LogP contribution >= 0.6 is 0 Å². The molecule has 0 radical (unpaired) electrons. The fourth-order valence-corrected chi connectivity index (χ4v) is 4.05. The Morgan fingerprint density at radius 3 is 2.62 bits per heavy atom. The number of halogens is 1. The fraction of sp³-hybridized carbons (Fsp3) is 0.120. The number of nitrogens with zero attached hydrogens (tertiary/aromatic N) is 6. The van der Waals surface area contributed by atoms with Crippen molar-refractivity contribution in [3.05, 3.63) is 66.1 Å². The molecule has 4 aromatic heterocycles. The van der Waals surface area contributed by atoms with Crippen molar-refractivity contribution in [2.45, 2.75) is 6.92 Å². The highest BCUT2D eigenvalue weighted by Gasteiger charge is 2.24. The van der Waals surface area contributed by atoms with E-state index in [9.17, 15) is 0 Å². The summed E-state index contributed by atoms with van der Waals surface area (Å²) in [4.78, 5) is 13.0. The molecule has 0 aliphatic rings. The normalized spacial score (nSPS) is 11.0. The molecule has 34 heavy (non-hydrogen) atoms. The number of fused-ring (bicyclic) bond motifs is 1. The summed E-state index contributed by atoms with van der Waals surface area (Å²) in [6.45, 7) is 1.94. The zero-order chi connectivity index (χ0) is 24.0. The molecule has 168 valence electrons. The molecule has 0 spiro atoms. The zero-order valence-corrected chi connectivity index (χ0v) is 18.7. The maximum Gasteiger partial charge on any atom is 0.238 e. The summed E-state index contributed by atoms with van der Waals surface area (Å²) >= 11 is 0. The number of ether oxygens (including phenoxy) is 1. The van der Waals surface area contributed by atoms with Gasteiger partial charge in [-0.2, -0.15) is 0 Å². The lowest BCUT2D eigenvalue weighted by Crippen LogP contribution is -1.98. The lowest BCUT2D eigenvalue weighted by Gasteiger charge is -2.12. The molecule has 0 aliphatic heterocycles. The quantitative estimate of drug-likeness (QED) is 0.409. The summed E-state index contributed by atoms with van der Waals surface area (Å²) in [7, 11) is 3.63. The van der Waals surface area contributed by atoms with Gasteiger partial charge in [-0.25, -0.2) is 19.3 Å². The molecule has 0 atom stereocenters. The number of nitrogen functional groups attached to an aromatic ring is 1. The van der Waals surface area contributed by atoms with E-state index in [1.54, 1.807) is 42.3 Å². The molecule has 4 heterocycles. The van der Waals surface area contributed by atoms with Gasteiger partial charge in [0, 0.05) is 43.7 Å². The summed E-state index contributed by atoms with van der Waals surface area (Å²) in [5, 5.41) is 4.75. The Labute approximate surface area is 194 Å². The van der Waals surface area contributed by atoms with Crippen molar-refractivity contribution in [2.24, 2.45) is 14.1 Å². The number of aromatic nitrogens is 6. The number of anilines is 1. The predicted octanol–water partition coefficient (Wildman–Crippen LogP) is 4.23. The molecule has 0 amide bonds. The van der Waals surface area contributed by atoms with Gasteiger partial charge < -0.3 is 15.0 Å². The van der Waals surface area contributed by atoms with Crippen molar-refractivity contribution in [3.8, 4) is 46.4 Å². The van der Waals surface area contributed by atoms with Crippen molar-refractivity contribution in [2.75, 3.05) is 5.73 Å². The van der Waals surface area contributed by atoms with Gasteiger partial charge in [0.05, 0.1) is 11.1 Å². The van der Waals surface area contributed by atoms with Gasteiger partial charge >= 0.3 is 0 Å². The fourth-order valence-electron chi connectivity index (χ4n) is 4.05. The molecule has 5 aromatic rings. The maximum atomic E-state index is 15.2. The smallest absolute Gasteiger partial charge is 0.238 e. The highest BCUT2D eigenvalue weighted by Crippen LogP contribution is 2.43. The molecule has 0 saturated carbocycles. The predicted molar refractivity (Wildman–Crippen MR) is 128 cm³/mol. The van der Waals surface area contributed by atoms with E-state index < -0.39 is 5.82 Å². The molecule has 0 bridgehead atoms. The van der Waals surface area contributed by atoms with Gasteiger partial charge in [0.2, 0.25) is 5.88 Å². The van der Waals surface area contributed by atoms with Crippen LogP contribution in [0.5, 0.6) is 11.6 Å². The Morgan fingerprint density at radius 1 is 1.12 bits per heavy atom. The highest BCUT2D eigenvalue weighted by molar-refractivity contribution is 6.08. The van der Waals surface area contributed by atoms with Crippen molar-refractivity contribution >= 4 is 16.9 Å². The van der Waals surface area contributed by atoms with E-state index in [0.29, 0.717) is 39.6 Å². The van der Waals surface area contributed by atoms with Crippen LogP contribution in [0.15, 0.2) is 49.1 Å². The summed E-state index contributed by atoms with van der Waals surface area (Å²) in [6, 6.07) is 8.22. The van der Waals surface area contributed by atoms with Crippen LogP contribution in [-0.2, 0) is 14.1 Å². The third-order valence-electron chi connectivity index (χ3n) is 5.63. The van der Waals surface area contributed by atoms with Crippen LogP contribution in [0.2, 0.25) is 0 Å². The van der Waals surface area contributed by atoms with Crippen LogP contribution in [0.1, 0.15) is 11.3 Å². The number of pyridine rings is 1. The molecule has 0 saturated heterocycles. The van der Waals surface area contributed by atoms with Crippen molar-refractivity contribution in [3.63, 3.8) is 0 Å². The average Bonchev–Trinajstić information content (AvgIpc) is 3.36. The van der Waals surface area contributed by atoms with Gasteiger partial charge in [-0.15, -0.1) is 11.5 Å². The Kier molecular flexibility index (Phi) is 4.98. The number of nitrogens with two attached hydrogens (primary N) is 1. The van der Waals surface area contributed by atoms with Gasteiger partial charge in [-0.05, 0) is 36.2 Å². The first-order valence-electron chi connectivity index (χ1n) is 10.4. The van der Waals surface area contributed by atoms with E-state index in [1.807, 2.05) is 24.6 Å². The lowest BCUT2D eigenvalue weighted by atomic mass is 9.97. The van der Waals surface area contributed by atoms with Gasteiger partial charge in [0.15, 0.2) is 11.6 Å². The average molecular weight is 453 g/mol. The minimum absolute atomic E-state index is 0.0599. The van der Waals surface area contributed by atoms with Crippen LogP contribution in [0.4, 0.5) is 10.2 Å². The van der Waals surface area contributed by atoms with E-state index >= 15 is 4.39 Å². The second-order valence-corrected chi connectivity index (χ2v) is 7.84. The van der Waals surface area contributed by atoms with E-state index in [2.05, 4.69) is 26.0 Å². The second-order valence-electron chi connectivity index (χ2n) is 7.84. The summed E-state index contributed by atoms with van der Waals surface area (Å²) in [5.74, 6) is 2.66. The van der Waals surface area contributed by atoms with Crippen molar-refractivity contribution in [1.82, 2.24) is 29.3 Å². The Morgan fingerprint density at radius 2 is 1.94 bits per heavy atom. The van der Waals surface area contributed by atoms with Crippen LogP contribution in [0, 0.1) is 25.1 Å². The Balaban J connectivity index is 1.73. The van der Waals surface area contributed by atoms with Crippen LogP contribution in [-0.4, -0.2) is 29.3 Å². The van der Waals surface area contributed by atoms with Gasteiger partial charge in [-0.1, -0.05) is 12.0 Å². The summed E-state index contributed by atoms with van der Waals surface area (Å²) in [5.41, 5.74) is 11.2. The largest absolute Gasteiger partial charge is 0.434 e. The van der Waals surface area contributed by atoms with Gasteiger partial charge in [-0.3, -0.25) is 4.68 Å². The third kappa shape index (κ3) is 3.42. The number of rotatable bonds is 4. The number of terminal acetylenes is 1. The van der Waals surface area contributed by atoms with Crippen LogP contribution < -0.4 is 10.5 Å². The van der Waals surface area contributed by atoms with E-state index in [4.69, 9.17) is 16.9 Å². The standard InChI is InChI=1S/C25H20FN7O/c1-5-16-10-14(2)17(12-28-16)23-21(22-24(27)29-13-30-25(22)33(23)4)15-6-7-19(18(26)11-15)34-20-8-9-32(3)31-20/h1,6-13H,2-4H3,(H2,27,29,30). The van der Waals surface area contributed by atoms with E-state index in [0.717, 1.165) is 16.8 Å². The molecule has 9 heteroatoms.